The van der Waals surface area contributed by atoms with Gasteiger partial charge in [-0.15, -0.1) is 0 Å². The van der Waals surface area contributed by atoms with E-state index in [9.17, 15) is 9.59 Å². The number of amides is 2. The third-order valence-electron chi connectivity index (χ3n) is 4.35. The second-order valence-electron chi connectivity index (χ2n) is 6.21. The lowest BCUT2D eigenvalue weighted by Crippen LogP contribution is -2.27. The first-order chi connectivity index (χ1) is 12.7. The van der Waals surface area contributed by atoms with Gasteiger partial charge in [0.05, 0.1) is 13.7 Å². The molecule has 26 heavy (non-hydrogen) atoms. The topological polar surface area (TPSA) is 70.7 Å². The summed E-state index contributed by atoms with van der Waals surface area (Å²) in [6.07, 6.45) is 2.14. The van der Waals surface area contributed by atoms with Crippen molar-refractivity contribution in [1.82, 2.24) is 4.90 Å². The number of anilines is 2. The highest BCUT2D eigenvalue weighted by atomic mass is 16.5. The van der Waals surface area contributed by atoms with Crippen LogP contribution >= 0.6 is 0 Å². The molecule has 3 rings (SSSR count). The van der Waals surface area contributed by atoms with Crippen LogP contribution in [0.5, 0.6) is 5.75 Å². The minimum Gasteiger partial charge on any atom is -0.497 e. The monoisotopic (exact) mass is 353 g/mol. The molecule has 2 aromatic rings. The Morgan fingerprint density at radius 2 is 1.58 bits per heavy atom. The number of rotatable bonds is 6. The Hall–Kier alpha value is -3.02. The van der Waals surface area contributed by atoms with Crippen molar-refractivity contribution in [1.29, 1.82) is 0 Å². The Balaban J connectivity index is 1.49. The van der Waals surface area contributed by atoms with Crippen molar-refractivity contribution < 1.29 is 14.3 Å². The van der Waals surface area contributed by atoms with E-state index in [1.165, 1.54) is 0 Å². The maximum Gasteiger partial charge on any atom is 0.253 e. The van der Waals surface area contributed by atoms with Crippen LogP contribution in [0.4, 0.5) is 11.4 Å². The molecule has 136 valence electrons. The summed E-state index contributed by atoms with van der Waals surface area (Å²) in [4.78, 5) is 26.2. The first kappa shape index (κ1) is 17.8. The van der Waals surface area contributed by atoms with Crippen molar-refractivity contribution in [3.8, 4) is 5.75 Å². The largest absolute Gasteiger partial charge is 0.497 e. The van der Waals surface area contributed by atoms with Crippen molar-refractivity contribution in [3.05, 3.63) is 54.1 Å². The Bertz CT molecular complexity index is 751. The van der Waals surface area contributed by atoms with Gasteiger partial charge in [0.25, 0.3) is 5.91 Å². The molecule has 0 aliphatic carbocycles. The fraction of sp³-hybridized carbons (Fsp3) is 0.300. The van der Waals surface area contributed by atoms with Gasteiger partial charge in [-0.05, 0) is 61.4 Å². The molecular weight excluding hydrogens is 330 g/mol. The van der Waals surface area contributed by atoms with Gasteiger partial charge in [0, 0.05) is 30.0 Å². The fourth-order valence-corrected chi connectivity index (χ4v) is 2.90. The summed E-state index contributed by atoms with van der Waals surface area (Å²) in [5.74, 6) is 0.671. The lowest BCUT2D eigenvalue weighted by Gasteiger charge is -2.15. The number of nitrogens with zero attached hydrogens (tertiary/aromatic N) is 1. The van der Waals surface area contributed by atoms with Gasteiger partial charge in [0.15, 0.2) is 0 Å². The molecule has 2 amide bonds. The van der Waals surface area contributed by atoms with E-state index in [1.54, 1.807) is 31.4 Å². The van der Waals surface area contributed by atoms with Gasteiger partial charge in [-0.25, -0.2) is 0 Å². The summed E-state index contributed by atoms with van der Waals surface area (Å²) in [7, 11) is 1.61. The predicted molar refractivity (Wildman–Crippen MR) is 102 cm³/mol. The van der Waals surface area contributed by atoms with Crippen LogP contribution in [0.1, 0.15) is 23.2 Å². The Labute approximate surface area is 153 Å². The average molecular weight is 353 g/mol. The summed E-state index contributed by atoms with van der Waals surface area (Å²) in [6.45, 7) is 1.81. The molecule has 2 N–H and O–H groups in total. The van der Waals surface area contributed by atoms with E-state index in [-0.39, 0.29) is 18.4 Å². The highest BCUT2D eigenvalue weighted by Crippen LogP contribution is 2.16. The zero-order chi connectivity index (χ0) is 18.4. The first-order valence-corrected chi connectivity index (χ1v) is 8.73. The second kappa shape index (κ2) is 8.38. The van der Waals surface area contributed by atoms with E-state index in [0.717, 1.165) is 37.4 Å². The van der Waals surface area contributed by atoms with Crippen LogP contribution in [-0.2, 0) is 4.79 Å². The van der Waals surface area contributed by atoms with Crippen molar-refractivity contribution >= 4 is 23.2 Å². The van der Waals surface area contributed by atoms with E-state index in [1.807, 2.05) is 29.2 Å². The highest BCUT2D eigenvalue weighted by Gasteiger charge is 2.19. The lowest BCUT2D eigenvalue weighted by molar-refractivity contribution is -0.114. The van der Waals surface area contributed by atoms with E-state index in [2.05, 4.69) is 10.6 Å². The molecule has 6 heteroatoms. The van der Waals surface area contributed by atoms with E-state index >= 15 is 0 Å². The molecular formula is C20H23N3O3. The molecule has 0 aromatic heterocycles. The number of methoxy groups -OCH3 is 1. The number of benzene rings is 2. The third-order valence-corrected chi connectivity index (χ3v) is 4.35. The van der Waals surface area contributed by atoms with Crippen LogP contribution in [-0.4, -0.2) is 43.5 Å². The normalized spacial score (nSPS) is 13.3. The van der Waals surface area contributed by atoms with Crippen LogP contribution < -0.4 is 15.4 Å². The molecule has 0 spiro atoms. The van der Waals surface area contributed by atoms with Crippen LogP contribution in [0.3, 0.4) is 0 Å². The lowest BCUT2D eigenvalue weighted by atomic mass is 10.2. The zero-order valence-electron chi connectivity index (χ0n) is 14.8. The first-order valence-electron chi connectivity index (χ1n) is 8.73. The second-order valence-corrected chi connectivity index (χ2v) is 6.21. The third kappa shape index (κ3) is 4.53. The van der Waals surface area contributed by atoms with Gasteiger partial charge in [-0.3, -0.25) is 9.59 Å². The quantitative estimate of drug-likeness (QED) is 0.838. The SMILES string of the molecule is COc1ccc(NCC(=O)Nc2ccc(C(=O)N3CCCC3)cc2)cc1. The Morgan fingerprint density at radius 1 is 0.962 bits per heavy atom. The van der Waals surface area contributed by atoms with Crippen molar-refractivity contribution in [2.24, 2.45) is 0 Å². The molecule has 0 radical (unpaired) electrons. The smallest absolute Gasteiger partial charge is 0.253 e. The maximum atomic E-state index is 12.3. The molecule has 0 bridgehead atoms. The molecule has 0 unspecified atom stereocenters. The Morgan fingerprint density at radius 3 is 2.19 bits per heavy atom. The standard InChI is InChI=1S/C20H23N3O3/c1-26-18-10-8-16(9-11-18)21-14-19(24)22-17-6-4-15(5-7-17)20(25)23-12-2-3-13-23/h4-11,21H,2-3,12-14H2,1H3,(H,22,24). The van der Waals surface area contributed by atoms with Crippen LogP contribution in [0.15, 0.2) is 48.5 Å². The molecule has 2 aromatic carbocycles. The molecule has 1 saturated heterocycles. The number of likely N-dealkylation sites (tertiary alicyclic amines) is 1. The number of hydrogen-bond donors (Lipinski definition) is 2. The average Bonchev–Trinajstić information content (AvgIpc) is 3.21. The van der Waals surface area contributed by atoms with Gasteiger partial charge < -0.3 is 20.3 Å². The van der Waals surface area contributed by atoms with Crippen molar-refractivity contribution in [2.75, 3.05) is 37.4 Å². The number of ether oxygens (including phenoxy) is 1. The van der Waals surface area contributed by atoms with Gasteiger partial charge >= 0.3 is 0 Å². The summed E-state index contributed by atoms with van der Waals surface area (Å²) in [5.41, 5.74) is 2.17. The minimum atomic E-state index is -0.153. The minimum absolute atomic E-state index is 0.0570. The predicted octanol–water partition coefficient (Wildman–Crippen LogP) is 2.98. The van der Waals surface area contributed by atoms with Gasteiger partial charge in [0.1, 0.15) is 5.75 Å². The molecule has 6 nitrogen and oxygen atoms in total. The van der Waals surface area contributed by atoms with Crippen LogP contribution in [0.2, 0.25) is 0 Å². The number of nitrogens with one attached hydrogen (secondary N) is 2. The molecule has 1 fully saturated rings. The van der Waals surface area contributed by atoms with Crippen molar-refractivity contribution in [2.45, 2.75) is 12.8 Å². The molecule has 0 atom stereocenters. The highest BCUT2D eigenvalue weighted by molar-refractivity contribution is 5.96. The number of hydrogen-bond acceptors (Lipinski definition) is 4. The molecule has 1 aliphatic rings. The maximum absolute atomic E-state index is 12.3. The van der Waals surface area contributed by atoms with E-state index in [0.29, 0.717) is 11.3 Å². The van der Waals surface area contributed by atoms with E-state index < -0.39 is 0 Å². The van der Waals surface area contributed by atoms with Crippen molar-refractivity contribution in [3.63, 3.8) is 0 Å². The van der Waals surface area contributed by atoms with Crippen LogP contribution in [0, 0.1) is 0 Å². The fourth-order valence-electron chi connectivity index (χ4n) is 2.90. The number of carbonyl (C=O) groups excluding carboxylic acids is 2. The zero-order valence-corrected chi connectivity index (χ0v) is 14.8. The van der Waals surface area contributed by atoms with E-state index in [4.69, 9.17) is 4.74 Å². The summed E-state index contributed by atoms with van der Waals surface area (Å²) in [6, 6.07) is 14.4. The summed E-state index contributed by atoms with van der Waals surface area (Å²) >= 11 is 0. The summed E-state index contributed by atoms with van der Waals surface area (Å²) < 4.78 is 5.10. The van der Waals surface area contributed by atoms with Crippen LogP contribution in [0.25, 0.3) is 0 Å². The molecule has 1 aliphatic heterocycles. The van der Waals surface area contributed by atoms with Gasteiger partial charge in [-0.2, -0.15) is 0 Å². The Kier molecular flexibility index (Phi) is 5.73. The summed E-state index contributed by atoms with van der Waals surface area (Å²) in [5, 5.41) is 5.87. The van der Waals surface area contributed by atoms with Gasteiger partial charge in [0.2, 0.25) is 5.91 Å². The molecule has 0 saturated carbocycles. The molecule has 1 heterocycles. The van der Waals surface area contributed by atoms with Gasteiger partial charge in [-0.1, -0.05) is 0 Å². The number of carbonyl (C=O) groups is 2.